The minimum Gasteiger partial charge on any atom is -0.378 e. The van der Waals surface area contributed by atoms with Gasteiger partial charge < -0.3 is 10.1 Å². The lowest BCUT2D eigenvalue weighted by molar-refractivity contribution is -0.0103. The third kappa shape index (κ3) is 4.54. The average molecular weight is 281 g/mol. The molecular weight excluding hydrogens is 254 g/mol. The Hall–Kier alpha value is -0.980. The van der Waals surface area contributed by atoms with Gasteiger partial charge in [0.1, 0.15) is 0 Å². The van der Waals surface area contributed by atoms with Gasteiger partial charge in [-0.25, -0.2) is 0 Å². The molecule has 1 unspecified atom stereocenters. The first-order valence-corrected chi connectivity index (χ1v) is 7.75. The van der Waals surface area contributed by atoms with Crippen LogP contribution in [0.2, 0.25) is 0 Å². The summed E-state index contributed by atoms with van der Waals surface area (Å²) in [5, 5.41) is 11.7. The van der Waals surface area contributed by atoms with Crippen LogP contribution in [0, 0.1) is 0 Å². The van der Waals surface area contributed by atoms with Gasteiger partial charge in [-0.15, -0.1) is 5.10 Å². The van der Waals surface area contributed by atoms with E-state index < -0.39 is 0 Å². The molecule has 20 heavy (non-hydrogen) atoms. The summed E-state index contributed by atoms with van der Waals surface area (Å²) in [5.74, 6) is 0. The maximum Gasteiger partial charge on any atom is 0.0964 e. The number of hydrogen-bond acceptors (Lipinski definition) is 5. The second kappa shape index (κ2) is 8.34. The van der Waals surface area contributed by atoms with Gasteiger partial charge in [0.25, 0.3) is 0 Å². The molecule has 0 amide bonds. The van der Waals surface area contributed by atoms with Gasteiger partial charge in [0.2, 0.25) is 0 Å². The largest absolute Gasteiger partial charge is 0.378 e. The van der Waals surface area contributed by atoms with Gasteiger partial charge in [0.05, 0.1) is 25.5 Å². The smallest absolute Gasteiger partial charge is 0.0964 e. The standard InChI is InChI=1S/C14H27N5O/c1-3-5-15-10-13-11-19(17-16-13)7-6-18-8-9-20-12-14(18)4-2/h11,14-15H,3-10,12H2,1-2H3. The minimum atomic E-state index is 0.554. The highest BCUT2D eigenvalue weighted by atomic mass is 16.5. The summed E-state index contributed by atoms with van der Waals surface area (Å²) in [4.78, 5) is 2.50. The fourth-order valence-electron chi connectivity index (χ4n) is 2.51. The van der Waals surface area contributed by atoms with E-state index in [0.29, 0.717) is 6.04 Å². The van der Waals surface area contributed by atoms with Gasteiger partial charge in [-0.05, 0) is 19.4 Å². The first-order chi connectivity index (χ1) is 9.83. The predicted molar refractivity (Wildman–Crippen MR) is 78.5 cm³/mol. The molecule has 6 heteroatoms. The maximum absolute atomic E-state index is 5.53. The van der Waals surface area contributed by atoms with Crippen molar-refractivity contribution in [2.45, 2.75) is 45.8 Å². The van der Waals surface area contributed by atoms with Crippen LogP contribution in [0.4, 0.5) is 0 Å². The summed E-state index contributed by atoms with van der Waals surface area (Å²) >= 11 is 0. The van der Waals surface area contributed by atoms with Gasteiger partial charge in [-0.1, -0.05) is 19.1 Å². The zero-order valence-electron chi connectivity index (χ0n) is 12.7. The van der Waals surface area contributed by atoms with E-state index in [0.717, 1.165) is 64.5 Å². The van der Waals surface area contributed by atoms with E-state index in [1.54, 1.807) is 0 Å². The van der Waals surface area contributed by atoms with Crippen LogP contribution in [0.5, 0.6) is 0 Å². The first kappa shape index (κ1) is 15.4. The normalized spacial score (nSPS) is 20.4. The van der Waals surface area contributed by atoms with Crippen molar-refractivity contribution in [1.82, 2.24) is 25.2 Å². The predicted octanol–water partition coefficient (Wildman–Crippen LogP) is 0.889. The molecule has 0 spiro atoms. The topological polar surface area (TPSA) is 55.2 Å². The van der Waals surface area contributed by atoms with Crippen LogP contribution in [-0.4, -0.2) is 58.8 Å². The van der Waals surface area contributed by atoms with Gasteiger partial charge in [-0.2, -0.15) is 0 Å². The van der Waals surface area contributed by atoms with E-state index >= 15 is 0 Å². The highest BCUT2D eigenvalue weighted by Gasteiger charge is 2.20. The van der Waals surface area contributed by atoms with Crippen molar-refractivity contribution in [3.63, 3.8) is 0 Å². The Bertz CT molecular complexity index is 381. The molecule has 0 saturated carbocycles. The van der Waals surface area contributed by atoms with Crippen molar-refractivity contribution < 1.29 is 4.74 Å². The number of rotatable bonds is 8. The van der Waals surface area contributed by atoms with Gasteiger partial charge in [0.15, 0.2) is 0 Å². The SMILES string of the molecule is CCCNCc1cn(CCN2CCOCC2CC)nn1. The molecule has 1 atom stereocenters. The molecule has 1 saturated heterocycles. The number of nitrogens with zero attached hydrogens (tertiary/aromatic N) is 4. The molecule has 1 fully saturated rings. The fraction of sp³-hybridized carbons (Fsp3) is 0.857. The van der Waals surface area contributed by atoms with E-state index in [9.17, 15) is 0 Å². The Balaban J connectivity index is 1.75. The van der Waals surface area contributed by atoms with E-state index in [2.05, 4.69) is 34.4 Å². The van der Waals surface area contributed by atoms with Crippen molar-refractivity contribution >= 4 is 0 Å². The molecular formula is C14H27N5O. The highest BCUT2D eigenvalue weighted by molar-refractivity contribution is 4.91. The molecule has 2 rings (SSSR count). The molecule has 0 bridgehead atoms. The van der Waals surface area contributed by atoms with Crippen LogP contribution >= 0.6 is 0 Å². The molecule has 1 N–H and O–H groups in total. The summed E-state index contributed by atoms with van der Waals surface area (Å²) in [6.45, 7) is 10.9. The molecule has 2 heterocycles. The molecule has 0 aliphatic carbocycles. The number of nitrogens with one attached hydrogen (secondary N) is 1. The van der Waals surface area contributed by atoms with Crippen molar-refractivity contribution in [2.75, 3.05) is 32.8 Å². The number of hydrogen-bond donors (Lipinski definition) is 1. The second-order valence-electron chi connectivity index (χ2n) is 5.32. The van der Waals surface area contributed by atoms with Crippen LogP contribution < -0.4 is 5.32 Å². The van der Waals surface area contributed by atoms with Crippen LogP contribution in [0.15, 0.2) is 6.20 Å². The first-order valence-electron chi connectivity index (χ1n) is 7.75. The van der Waals surface area contributed by atoms with Gasteiger partial charge >= 0.3 is 0 Å². The monoisotopic (exact) mass is 281 g/mol. The molecule has 6 nitrogen and oxygen atoms in total. The van der Waals surface area contributed by atoms with Crippen LogP contribution in [0.25, 0.3) is 0 Å². The third-order valence-electron chi connectivity index (χ3n) is 3.76. The summed E-state index contributed by atoms with van der Waals surface area (Å²) in [6, 6.07) is 0.554. The summed E-state index contributed by atoms with van der Waals surface area (Å²) < 4.78 is 7.48. The van der Waals surface area contributed by atoms with Gasteiger partial charge in [0, 0.05) is 31.9 Å². The second-order valence-corrected chi connectivity index (χ2v) is 5.32. The van der Waals surface area contributed by atoms with E-state index in [4.69, 9.17) is 4.74 Å². The lowest BCUT2D eigenvalue weighted by Crippen LogP contribution is -2.46. The minimum absolute atomic E-state index is 0.554. The van der Waals surface area contributed by atoms with Crippen molar-refractivity contribution in [2.24, 2.45) is 0 Å². The third-order valence-corrected chi connectivity index (χ3v) is 3.76. The van der Waals surface area contributed by atoms with Crippen LogP contribution in [0.1, 0.15) is 32.4 Å². The van der Waals surface area contributed by atoms with Crippen LogP contribution in [-0.2, 0) is 17.8 Å². The van der Waals surface area contributed by atoms with E-state index in [1.165, 1.54) is 0 Å². The van der Waals surface area contributed by atoms with E-state index in [-0.39, 0.29) is 0 Å². The molecule has 114 valence electrons. The van der Waals surface area contributed by atoms with Crippen molar-refractivity contribution in [1.29, 1.82) is 0 Å². The zero-order valence-corrected chi connectivity index (χ0v) is 12.7. The number of ether oxygens (including phenoxy) is 1. The summed E-state index contributed by atoms with van der Waals surface area (Å²) in [5.41, 5.74) is 1.02. The molecule has 1 aliphatic rings. The van der Waals surface area contributed by atoms with E-state index in [1.807, 2.05) is 10.9 Å². The van der Waals surface area contributed by atoms with Crippen molar-refractivity contribution in [3.8, 4) is 0 Å². The Kier molecular flexibility index (Phi) is 6.42. The Labute approximate surface area is 121 Å². The number of morpholine rings is 1. The lowest BCUT2D eigenvalue weighted by atomic mass is 10.2. The molecule has 1 aromatic heterocycles. The molecule has 1 aromatic rings. The maximum atomic E-state index is 5.53. The number of aromatic nitrogens is 3. The fourth-order valence-corrected chi connectivity index (χ4v) is 2.51. The molecule has 0 aromatic carbocycles. The molecule has 0 radical (unpaired) electrons. The average Bonchev–Trinajstić information content (AvgIpc) is 2.93. The Morgan fingerprint density at radius 3 is 3.10 bits per heavy atom. The quantitative estimate of drug-likeness (QED) is 0.717. The Morgan fingerprint density at radius 1 is 1.40 bits per heavy atom. The van der Waals surface area contributed by atoms with Crippen LogP contribution in [0.3, 0.4) is 0 Å². The summed E-state index contributed by atoms with van der Waals surface area (Å²) in [6.07, 6.45) is 4.33. The van der Waals surface area contributed by atoms with Crippen molar-refractivity contribution in [3.05, 3.63) is 11.9 Å². The van der Waals surface area contributed by atoms with Gasteiger partial charge in [-0.3, -0.25) is 9.58 Å². The Morgan fingerprint density at radius 2 is 2.30 bits per heavy atom. The highest BCUT2D eigenvalue weighted by Crippen LogP contribution is 2.10. The molecule has 1 aliphatic heterocycles. The lowest BCUT2D eigenvalue weighted by Gasteiger charge is -2.34. The zero-order chi connectivity index (χ0) is 14.2. The summed E-state index contributed by atoms with van der Waals surface area (Å²) in [7, 11) is 0.